The summed E-state index contributed by atoms with van der Waals surface area (Å²) in [5.74, 6) is -1.67. The quantitative estimate of drug-likeness (QED) is 0.855. The van der Waals surface area contributed by atoms with Crippen LogP contribution in [0.15, 0.2) is 24.5 Å². The summed E-state index contributed by atoms with van der Waals surface area (Å²) in [6, 6.07) is 3.24. The third kappa shape index (κ3) is 2.00. The SMILES string of the molecule is CC[C@@H]1[C@@H](C(=O)O)CC(=O)N1c1cccnc1. The number of carboxylic acid groups (broad SMARTS) is 1. The molecule has 0 unspecified atom stereocenters. The molecule has 0 aromatic carbocycles. The average molecular weight is 234 g/mol. The number of carboxylic acids is 1. The van der Waals surface area contributed by atoms with Crippen molar-refractivity contribution in [3.8, 4) is 0 Å². The Kier molecular flexibility index (Phi) is 3.08. The second kappa shape index (κ2) is 4.53. The first-order valence-corrected chi connectivity index (χ1v) is 5.60. The maximum atomic E-state index is 11.9. The Hall–Kier alpha value is -1.91. The molecule has 5 nitrogen and oxygen atoms in total. The van der Waals surface area contributed by atoms with E-state index in [1.165, 1.54) is 0 Å². The normalized spacial score (nSPS) is 24.1. The summed E-state index contributed by atoms with van der Waals surface area (Å²) < 4.78 is 0. The molecule has 0 saturated carbocycles. The van der Waals surface area contributed by atoms with E-state index < -0.39 is 11.9 Å². The van der Waals surface area contributed by atoms with E-state index in [1.54, 1.807) is 29.4 Å². The van der Waals surface area contributed by atoms with Gasteiger partial charge in [0.25, 0.3) is 0 Å². The molecule has 1 aliphatic rings. The first-order chi connectivity index (χ1) is 8.15. The zero-order valence-corrected chi connectivity index (χ0v) is 9.54. The lowest BCUT2D eigenvalue weighted by atomic mass is 9.98. The standard InChI is InChI=1S/C12H14N2O3/c1-2-10-9(12(16)17)6-11(15)14(10)8-4-3-5-13-7-8/h3-5,7,9-10H,2,6H2,1H3,(H,16,17)/t9-,10+/m0/s1. The molecule has 0 aliphatic carbocycles. The fourth-order valence-corrected chi connectivity index (χ4v) is 2.34. The number of hydrogen-bond donors (Lipinski definition) is 1. The van der Waals surface area contributed by atoms with E-state index >= 15 is 0 Å². The summed E-state index contributed by atoms with van der Waals surface area (Å²) in [4.78, 5) is 28.5. The number of aromatic nitrogens is 1. The van der Waals surface area contributed by atoms with Crippen LogP contribution in [0.3, 0.4) is 0 Å². The number of anilines is 1. The van der Waals surface area contributed by atoms with Gasteiger partial charge in [0.05, 0.1) is 23.8 Å². The van der Waals surface area contributed by atoms with E-state index in [4.69, 9.17) is 5.11 Å². The first kappa shape index (κ1) is 11.6. The maximum Gasteiger partial charge on any atom is 0.309 e. The van der Waals surface area contributed by atoms with E-state index in [0.717, 1.165) is 0 Å². The molecule has 2 atom stereocenters. The van der Waals surface area contributed by atoms with E-state index in [0.29, 0.717) is 12.1 Å². The van der Waals surface area contributed by atoms with Gasteiger partial charge in [-0.15, -0.1) is 0 Å². The van der Waals surface area contributed by atoms with Crippen molar-refractivity contribution in [2.75, 3.05) is 4.90 Å². The maximum absolute atomic E-state index is 11.9. The summed E-state index contributed by atoms with van der Waals surface area (Å²) in [6.45, 7) is 1.89. The van der Waals surface area contributed by atoms with E-state index in [9.17, 15) is 9.59 Å². The van der Waals surface area contributed by atoms with Crippen LogP contribution < -0.4 is 4.90 Å². The molecule has 1 fully saturated rings. The van der Waals surface area contributed by atoms with Gasteiger partial charge in [0, 0.05) is 12.6 Å². The van der Waals surface area contributed by atoms with E-state index in [-0.39, 0.29) is 18.4 Å². The molecular formula is C12H14N2O3. The van der Waals surface area contributed by atoms with Gasteiger partial charge in [-0.1, -0.05) is 6.92 Å². The van der Waals surface area contributed by atoms with Crippen molar-refractivity contribution in [3.05, 3.63) is 24.5 Å². The minimum atomic E-state index is -0.906. The highest BCUT2D eigenvalue weighted by Crippen LogP contribution is 2.32. The highest BCUT2D eigenvalue weighted by molar-refractivity contribution is 6.00. The van der Waals surface area contributed by atoms with Crippen molar-refractivity contribution in [2.24, 2.45) is 5.92 Å². The summed E-state index contributed by atoms with van der Waals surface area (Å²) in [6.07, 6.45) is 3.91. The number of nitrogens with zero attached hydrogens (tertiary/aromatic N) is 2. The number of pyridine rings is 1. The van der Waals surface area contributed by atoms with Crippen molar-refractivity contribution < 1.29 is 14.7 Å². The van der Waals surface area contributed by atoms with Crippen molar-refractivity contribution in [1.29, 1.82) is 0 Å². The second-order valence-electron chi connectivity index (χ2n) is 4.10. The molecule has 2 rings (SSSR count). The number of rotatable bonds is 3. The van der Waals surface area contributed by atoms with E-state index in [2.05, 4.69) is 4.98 Å². The average Bonchev–Trinajstić information content (AvgIpc) is 2.67. The van der Waals surface area contributed by atoms with Gasteiger partial charge in [0.15, 0.2) is 0 Å². The van der Waals surface area contributed by atoms with Crippen LogP contribution in [0.1, 0.15) is 19.8 Å². The molecule has 90 valence electrons. The molecule has 0 spiro atoms. The molecular weight excluding hydrogens is 220 g/mol. The van der Waals surface area contributed by atoms with Gasteiger partial charge in [-0.25, -0.2) is 0 Å². The van der Waals surface area contributed by atoms with Gasteiger partial charge in [0.2, 0.25) is 5.91 Å². The summed E-state index contributed by atoms with van der Waals surface area (Å²) in [5, 5.41) is 9.10. The van der Waals surface area contributed by atoms with Crippen molar-refractivity contribution in [1.82, 2.24) is 4.98 Å². The zero-order chi connectivity index (χ0) is 12.4. The minimum absolute atomic E-state index is 0.0722. The number of amides is 1. The van der Waals surface area contributed by atoms with Crippen LogP contribution in [-0.2, 0) is 9.59 Å². The Morgan fingerprint density at radius 2 is 2.41 bits per heavy atom. The lowest BCUT2D eigenvalue weighted by molar-refractivity contribution is -0.142. The van der Waals surface area contributed by atoms with Crippen LogP contribution >= 0.6 is 0 Å². The predicted molar refractivity (Wildman–Crippen MR) is 61.5 cm³/mol. The van der Waals surface area contributed by atoms with Crippen LogP contribution in [-0.4, -0.2) is 28.0 Å². The molecule has 1 aromatic rings. The fourth-order valence-electron chi connectivity index (χ4n) is 2.34. The summed E-state index contributed by atoms with van der Waals surface area (Å²) in [7, 11) is 0. The van der Waals surface area contributed by atoms with Crippen LogP contribution in [0, 0.1) is 5.92 Å². The minimum Gasteiger partial charge on any atom is -0.481 e. The van der Waals surface area contributed by atoms with Crippen LogP contribution in [0.25, 0.3) is 0 Å². The van der Waals surface area contributed by atoms with E-state index in [1.807, 2.05) is 6.92 Å². The summed E-state index contributed by atoms with van der Waals surface area (Å²) in [5.41, 5.74) is 0.674. The Morgan fingerprint density at radius 3 is 2.94 bits per heavy atom. The molecule has 17 heavy (non-hydrogen) atoms. The Morgan fingerprint density at radius 1 is 1.65 bits per heavy atom. The highest BCUT2D eigenvalue weighted by Gasteiger charge is 2.43. The molecule has 0 bridgehead atoms. The number of aliphatic carboxylic acids is 1. The van der Waals surface area contributed by atoms with Crippen LogP contribution in [0.2, 0.25) is 0 Å². The number of carbonyl (C=O) groups is 2. The Balaban J connectivity index is 2.34. The molecule has 1 N–H and O–H groups in total. The molecule has 1 aliphatic heterocycles. The predicted octanol–water partition coefficient (Wildman–Crippen LogP) is 1.30. The second-order valence-corrected chi connectivity index (χ2v) is 4.10. The van der Waals surface area contributed by atoms with Crippen molar-refractivity contribution in [3.63, 3.8) is 0 Å². The number of carbonyl (C=O) groups excluding carboxylic acids is 1. The lowest BCUT2D eigenvalue weighted by Gasteiger charge is -2.25. The van der Waals surface area contributed by atoms with Crippen LogP contribution in [0.4, 0.5) is 5.69 Å². The zero-order valence-electron chi connectivity index (χ0n) is 9.54. The topological polar surface area (TPSA) is 70.5 Å². The fraction of sp³-hybridized carbons (Fsp3) is 0.417. The lowest BCUT2D eigenvalue weighted by Crippen LogP contribution is -2.36. The molecule has 5 heteroatoms. The third-order valence-corrected chi connectivity index (χ3v) is 3.12. The van der Waals surface area contributed by atoms with Gasteiger partial charge in [-0.3, -0.25) is 14.6 Å². The Labute approximate surface area is 99.1 Å². The molecule has 1 amide bonds. The molecule has 1 aromatic heterocycles. The third-order valence-electron chi connectivity index (χ3n) is 3.12. The van der Waals surface area contributed by atoms with Crippen molar-refractivity contribution >= 4 is 17.6 Å². The first-order valence-electron chi connectivity index (χ1n) is 5.60. The van der Waals surface area contributed by atoms with Gasteiger partial charge in [-0.2, -0.15) is 0 Å². The Bertz CT molecular complexity index is 433. The highest BCUT2D eigenvalue weighted by atomic mass is 16.4. The monoisotopic (exact) mass is 234 g/mol. The van der Waals surface area contributed by atoms with Gasteiger partial charge < -0.3 is 10.0 Å². The smallest absolute Gasteiger partial charge is 0.309 e. The van der Waals surface area contributed by atoms with Crippen LogP contribution in [0.5, 0.6) is 0 Å². The molecule has 1 saturated heterocycles. The summed E-state index contributed by atoms with van der Waals surface area (Å²) >= 11 is 0. The number of hydrogen-bond acceptors (Lipinski definition) is 3. The molecule has 2 heterocycles. The van der Waals surface area contributed by atoms with Gasteiger partial charge in [0.1, 0.15) is 0 Å². The van der Waals surface area contributed by atoms with Gasteiger partial charge in [-0.05, 0) is 18.6 Å². The van der Waals surface area contributed by atoms with Crippen molar-refractivity contribution in [2.45, 2.75) is 25.8 Å². The van der Waals surface area contributed by atoms with Gasteiger partial charge >= 0.3 is 5.97 Å². The molecule has 0 radical (unpaired) electrons. The largest absolute Gasteiger partial charge is 0.481 e.